The summed E-state index contributed by atoms with van der Waals surface area (Å²) in [7, 11) is -3.73. The van der Waals surface area contributed by atoms with Crippen LogP contribution < -0.4 is 9.62 Å². The minimum atomic E-state index is -3.73. The molecule has 0 radical (unpaired) electrons. The van der Waals surface area contributed by atoms with Crippen molar-refractivity contribution in [1.82, 2.24) is 10.2 Å². The highest BCUT2D eigenvalue weighted by atomic mass is 35.5. The Morgan fingerprint density at radius 2 is 1.62 bits per heavy atom. The van der Waals surface area contributed by atoms with Crippen molar-refractivity contribution in [3.63, 3.8) is 0 Å². The molecule has 1 N–H and O–H groups in total. The standard InChI is InChI=1S/C23H30ClN3O4S/c1-5-21(23(29)25-17(2)3)26(15-18-11-13-19(24)14-12-18)22(28)16-27(32(4,30)31)20-9-7-6-8-10-20/h6-14,17,21H,5,15-16H2,1-4H3,(H,25,29)/t21-/m0/s1. The largest absolute Gasteiger partial charge is 0.352 e. The molecular formula is C23H30ClN3O4S. The fourth-order valence-corrected chi connectivity index (χ4v) is 4.27. The number of nitrogens with one attached hydrogen (secondary N) is 1. The monoisotopic (exact) mass is 479 g/mol. The lowest BCUT2D eigenvalue weighted by molar-refractivity contribution is -0.140. The summed E-state index contributed by atoms with van der Waals surface area (Å²) in [4.78, 5) is 27.8. The SMILES string of the molecule is CC[C@@H](C(=O)NC(C)C)N(Cc1ccc(Cl)cc1)C(=O)CN(c1ccccc1)S(C)(=O)=O. The number of para-hydroxylation sites is 1. The molecule has 0 spiro atoms. The Bertz CT molecular complexity index is 1010. The van der Waals surface area contributed by atoms with Gasteiger partial charge in [0.2, 0.25) is 21.8 Å². The van der Waals surface area contributed by atoms with E-state index in [0.717, 1.165) is 16.1 Å². The van der Waals surface area contributed by atoms with E-state index in [2.05, 4.69) is 5.32 Å². The maximum atomic E-state index is 13.4. The molecule has 7 nitrogen and oxygen atoms in total. The first-order valence-electron chi connectivity index (χ1n) is 10.4. The lowest BCUT2D eigenvalue weighted by Gasteiger charge is -2.33. The number of anilines is 1. The second-order valence-electron chi connectivity index (χ2n) is 7.84. The molecule has 0 aliphatic heterocycles. The first-order valence-corrected chi connectivity index (χ1v) is 12.6. The van der Waals surface area contributed by atoms with Gasteiger partial charge < -0.3 is 10.2 Å². The lowest BCUT2D eigenvalue weighted by atomic mass is 10.1. The van der Waals surface area contributed by atoms with Crippen molar-refractivity contribution in [1.29, 1.82) is 0 Å². The number of nitrogens with zero attached hydrogens (tertiary/aromatic N) is 2. The Balaban J connectivity index is 2.40. The fourth-order valence-electron chi connectivity index (χ4n) is 3.29. The van der Waals surface area contributed by atoms with Gasteiger partial charge in [0, 0.05) is 17.6 Å². The van der Waals surface area contributed by atoms with Gasteiger partial charge in [-0.3, -0.25) is 13.9 Å². The van der Waals surface area contributed by atoms with Gasteiger partial charge >= 0.3 is 0 Å². The second-order valence-corrected chi connectivity index (χ2v) is 10.2. The van der Waals surface area contributed by atoms with Gasteiger partial charge in [0.15, 0.2) is 0 Å². The molecule has 0 saturated heterocycles. The van der Waals surface area contributed by atoms with E-state index in [0.29, 0.717) is 17.1 Å². The molecule has 0 unspecified atom stereocenters. The molecule has 2 aromatic rings. The molecule has 32 heavy (non-hydrogen) atoms. The number of carbonyl (C=O) groups is 2. The van der Waals surface area contributed by atoms with E-state index >= 15 is 0 Å². The smallest absolute Gasteiger partial charge is 0.244 e. The molecule has 174 valence electrons. The number of carbonyl (C=O) groups excluding carboxylic acids is 2. The van der Waals surface area contributed by atoms with Crippen molar-refractivity contribution in [2.75, 3.05) is 17.1 Å². The third-order valence-corrected chi connectivity index (χ3v) is 6.20. The molecule has 0 bridgehead atoms. The molecule has 2 aromatic carbocycles. The van der Waals surface area contributed by atoms with Gasteiger partial charge in [0.25, 0.3) is 0 Å². The van der Waals surface area contributed by atoms with Crippen LogP contribution in [0.3, 0.4) is 0 Å². The van der Waals surface area contributed by atoms with E-state index in [1.54, 1.807) is 54.6 Å². The number of benzene rings is 2. The Hall–Kier alpha value is -2.58. The molecule has 9 heteroatoms. The van der Waals surface area contributed by atoms with Crippen LogP contribution in [0.15, 0.2) is 54.6 Å². The third kappa shape index (κ3) is 7.24. The first kappa shape index (κ1) is 25.7. The number of hydrogen-bond donors (Lipinski definition) is 1. The second kappa shape index (κ2) is 11.3. The number of hydrogen-bond acceptors (Lipinski definition) is 4. The Morgan fingerprint density at radius 1 is 1.03 bits per heavy atom. The minimum Gasteiger partial charge on any atom is -0.352 e. The molecule has 0 aromatic heterocycles. The zero-order valence-electron chi connectivity index (χ0n) is 18.8. The average molecular weight is 480 g/mol. The van der Waals surface area contributed by atoms with Crippen LogP contribution in [0.5, 0.6) is 0 Å². The van der Waals surface area contributed by atoms with Gasteiger partial charge in [-0.15, -0.1) is 0 Å². The van der Waals surface area contributed by atoms with E-state index in [-0.39, 0.29) is 18.5 Å². The summed E-state index contributed by atoms with van der Waals surface area (Å²) in [6.45, 7) is 5.24. The van der Waals surface area contributed by atoms with E-state index in [9.17, 15) is 18.0 Å². The molecule has 0 saturated carbocycles. The predicted octanol–water partition coefficient (Wildman–Crippen LogP) is 3.44. The average Bonchev–Trinajstić information content (AvgIpc) is 2.72. The summed E-state index contributed by atoms with van der Waals surface area (Å²) < 4.78 is 26.0. The normalized spacial score (nSPS) is 12.3. The van der Waals surface area contributed by atoms with Crippen molar-refractivity contribution < 1.29 is 18.0 Å². The summed E-state index contributed by atoms with van der Waals surface area (Å²) in [5.41, 5.74) is 1.17. The number of amides is 2. The molecule has 0 heterocycles. The zero-order valence-corrected chi connectivity index (χ0v) is 20.4. The van der Waals surface area contributed by atoms with Gasteiger partial charge in [-0.1, -0.05) is 48.9 Å². The van der Waals surface area contributed by atoms with Crippen LogP contribution in [0.4, 0.5) is 5.69 Å². The topological polar surface area (TPSA) is 86.8 Å². The van der Waals surface area contributed by atoms with Gasteiger partial charge in [-0.2, -0.15) is 0 Å². The molecular weight excluding hydrogens is 450 g/mol. The summed E-state index contributed by atoms with van der Waals surface area (Å²) in [5, 5.41) is 3.41. The van der Waals surface area contributed by atoms with E-state index in [1.165, 1.54) is 4.90 Å². The fraction of sp³-hybridized carbons (Fsp3) is 0.391. The van der Waals surface area contributed by atoms with Crippen molar-refractivity contribution in [3.8, 4) is 0 Å². The highest BCUT2D eigenvalue weighted by molar-refractivity contribution is 7.92. The highest BCUT2D eigenvalue weighted by Crippen LogP contribution is 2.20. The Morgan fingerprint density at radius 3 is 2.12 bits per heavy atom. The molecule has 2 amide bonds. The first-order chi connectivity index (χ1) is 15.0. The summed E-state index contributed by atoms with van der Waals surface area (Å²) >= 11 is 5.98. The van der Waals surface area contributed by atoms with Crippen molar-refractivity contribution in [2.45, 2.75) is 45.8 Å². The summed E-state index contributed by atoms with van der Waals surface area (Å²) in [6.07, 6.45) is 1.43. The van der Waals surface area contributed by atoms with Crippen LogP contribution in [0, 0.1) is 0 Å². The van der Waals surface area contributed by atoms with Crippen LogP contribution >= 0.6 is 11.6 Å². The summed E-state index contributed by atoms with van der Waals surface area (Å²) in [6, 6.07) is 14.6. The third-order valence-electron chi connectivity index (χ3n) is 4.81. The van der Waals surface area contributed by atoms with Crippen molar-refractivity contribution in [2.24, 2.45) is 0 Å². The molecule has 0 aliphatic rings. The molecule has 2 rings (SSSR count). The predicted molar refractivity (Wildman–Crippen MR) is 128 cm³/mol. The van der Waals surface area contributed by atoms with Crippen LogP contribution in [-0.4, -0.2) is 50.0 Å². The number of sulfonamides is 1. The maximum Gasteiger partial charge on any atom is 0.244 e. The Kier molecular flexibility index (Phi) is 9.09. The van der Waals surface area contributed by atoms with Gasteiger partial charge in [0.05, 0.1) is 11.9 Å². The van der Waals surface area contributed by atoms with E-state index < -0.39 is 28.5 Å². The maximum absolute atomic E-state index is 13.4. The van der Waals surface area contributed by atoms with Crippen LogP contribution in [0.25, 0.3) is 0 Å². The van der Waals surface area contributed by atoms with Crippen molar-refractivity contribution in [3.05, 3.63) is 65.2 Å². The molecule has 0 aliphatic carbocycles. The zero-order chi connectivity index (χ0) is 23.9. The van der Waals surface area contributed by atoms with Crippen molar-refractivity contribution >= 4 is 39.1 Å². The molecule has 0 fully saturated rings. The van der Waals surface area contributed by atoms with E-state index in [1.807, 2.05) is 20.8 Å². The van der Waals surface area contributed by atoms with Gasteiger partial charge in [-0.25, -0.2) is 8.42 Å². The lowest BCUT2D eigenvalue weighted by Crippen LogP contribution is -2.53. The Labute approximate surface area is 195 Å². The number of rotatable bonds is 10. The minimum absolute atomic E-state index is 0.0964. The quantitative estimate of drug-likeness (QED) is 0.565. The van der Waals surface area contributed by atoms with Gasteiger partial charge in [0.1, 0.15) is 12.6 Å². The summed E-state index contributed by atoms with van der Waals surface area (Å²) in [5.74, 6) is -0.754. The van der Waals surface area contributed by atoms with Crippen LogP contribution in [0.2, 0.25) is 5.02 Å². The highest BCUT2D eigenvalue weighted by Gasteiger charge is 2.31. The van der Waals surface area contributed by atoms with Crippen LogP contribution in [-0.2, 0) is 26.2 Å². The van der Waals surface area contributed by atoms with Crippen LogP contribution in [0.1, 0.15) is 32.8 Å². The molecule has 1 atom stereocenters. The van der Waals surface area contributed by atoms with E-state index in [4.69, 9.17) is 11.6 Å². The van der Waals surface area contributed by atoms with Gasteiger partial charge in [-0.05, 0) is 50.1 Å². The number of halogens is 1.